The zero-order chi connectivity index (χ0) is 17.6. The predicted molar refractivity (Wildman–Crippen MR) is 92.2 cm³/mol. The molecule has 0 aromatic heterocycles. The van der Waals surface area contributed by atoms with Crippen molar-refractivity contribution in [3.8, 4) is 0 Å². The van der Waals surface area contributed by atoms with Crippen LogP contribution in [0.25, 0.3) is 0 Å². The van der Waals surface area contributed by atoms with Crippen LogP contribution in [0.5, 0.6) is 0 Å². The largest absolute Gasteiger partial charge is 0.466 e. The lowest BCUT2D eigenvalue weighted by atomic mass is 10.1. The minimum atomic E-state index is -1.13. The lowest BCUT2D eigenvalue weighted by Crippen LogP contribution is -2.11. The van der Waals surface area contributed by atoms with E-state index in [0.29, 0.717) is 31.4 Å². The van der Waals surface area contributed by atoms with Gasteiger partial charge in [0, 0.05) is 18.1 Å². The Morgan fingerprint density at radius 2 is 1.71 bits per heavy atom. The third-order valence-corrected chi connectivity index (χ3v) is 4.21. The number of esters is 2. The maximum atomic E-state index is 11.6. The van der Waals surface area contributed by atoms with Crippen LogP contribution in [0.1, 0.15) is 84.0 Å². The van der Waals surface area contributed by atoms with Crippen LogP contribution in [0.4, 0.5) is 0 Å². The highest BCUT2D eigenvalue weighted by molar-refractivity contribution is 5.85. The van der Waals surface area contributed by atoms with Crippen molar-refractivity contribution >= 4 is 11.9 Å². The van der Waals surface area contributed by atoms with Crippen LogP contribution >= 0.6 is 0 Å². The van der Waals surface area contributed by atoms with E-state index in [1.807, 2.05) is 0 Å². The number of rotatable bonds is 14. The van der Waals surface area contributed by atoms with Crippen LogP contribution < -0.4 is 0 Å². The molecule has 1 atom stereocenters. The molecule has 0 aromatic rings. The number of hydrogen-bond donors (Lipinski definition) is 1. The molecule has 0 saturated heterocycles. The van der Waals surface area contributed by atoms with Crippen molar-refractivity contribution in [3.05, 3.63) is 11.6 Å². The fraction of sp³-hybridized carbons (Fsp3) is 0.789. The van der Waals surface area contributed by atoms with Gasteiger partial charge in [0.25, 0.3) is 0 Å². The molecule has 138 valence electrons. The zero-order valence-electron chi connectivity index (χ0n) is 14.9. The summed E-state index contributed by atoms with van der Waals surface area (Å²) in [4.78, 5) is 22.5. The summed E-state index contributed by atoms with van der Waals surface area (Å²) in [6.07, 6.45) is 12.8. The van der Waals surface area contributed by atoms with Gasteiger partial charge in [-0.2, -0.15) is 0 Å². The number of cyclic esters (lactones) is 1. The monoisotopic (exact) mass is 340 g/mol. The summed E-state index contributed by atoms with van der Waals surface area (Å²) in [7, 11) is 0. The Balaban J connectivity index is 1.88. The summed E-state index contributed by atoms with van der Waals surface area (Å²) in [6, 6.07) is 0. The molecule has 1 unspecified atom stereocenters. The molecule has 24 heavy (non-hydrogen) atoms. The van der Waals surface area contributed by atoms with Crippen LogP contribution in [-0.2, 0) is 19.1 Å². The van der Waals surface area contributed by atoms with Crippen LogP contribution in [0.3, 0.4) is 0 Å². The van der Waals surface area contributed by atoms with E-state index in [9.17, 15) is 14.7 Å². The number of unbranched alkanes of at least 4 members (excludes halogenated alkanes) is 8. The van der Waals surface area contributed by atoms with Gasteiger partial charge in [0.2, 0.25) is 6.29 Å². The van der Waals surface area contributed by atoms with Gasteiger partial charge in [-0.15, -0.1) is 0 Å². The van der Waals surface area contributed by atoms with Crippen LogP contribution in [0, 0.1) is 0 Å². The standard InChI is InChI=1S/C19H32O5/c1-2-3-4-5-6-7-8-9-10-13-17(20)23-14-11-12-16-15-18(21)24-19(16)22/h15,19,22H,2-14H2,1H3. The summed E-state index contributed by atoms with van der Waals surface area (Å²) in [5.74, 6) is -0.675. The molecule has 0 bridgehead atoms. The molecule has 5 nitrogen and oxygen atoms in total. The highest BCUT2D eigenvalue weighted by Crippen LogP contribution is 2.18. The molecule has 1 rings (SSSR count). The van der Waals surface area contributed by atoms with Crippen LogP contribution in [0.2, 0.25) is 0 Å². The molecule has 0 amide bonds. The van der Waals surface area contributed by atoms with E-state index >= 15 is 0 Å². The Labute approximate surface area is 145 Å². The Hall–Kier alpha value is -1.36. The summed E-state index contributed by atoms with van der Waals surface area (Å²) < 4.78 is 9.74. The third kappa shape index (κ3) is 9.71. The molecule has 1 heterocycles. The Morgan fingerprint density at radius 3 is 2.29 bits per heavy atom. The van der Waals surface area contributed by atoms with Gasteiger partial charge in [0.15, 0.2) is 0 Å². The number of aliphatic hydroxyl groups is 1. The molecule has 0 radical (unpaired) electrons. The van der Waals surface area contributed by atoms with Crippen molar-refractivity contribution in [2.45, 2.75) is 90.3 Å². The quantitative estimate of drug-likeness (QED) is 0.382. The molecule has 0 fully saturated rings. The second-order valence-electron chi connectivity index (χ2n) is 6.41. The molecule has 0 saturated carbocycles. The van der Waals surface area contributed by atoms with Gasteiger partial charge < -0.3 is 14.6 Å². The van der Waals surface area contributed by atoms with E-state index in [1.54, 1.807) is 0 Å². The molecular formula is C19H32O5. The molecule has 1 aliphatic heterocycles. The van der Waals surface area contributed by atoms with Gasteiger partial charge in [-0.1, -0.05) is 58.3 Å². The molecule has 0 aliphatic carbocycles. The first-order valence-corrected chi connectivity index (χ1v) is 9.38. The average molecular weight is 340 g/mol. The topological polar surface area (TPSA) is 72.8 Å². The Bertz CT molecular complexity index is 403. The second-order valence-corrected chi connectivity index (χ2v) is 6.41. The second kappa shape index (κ2) is 13.0. The predicted octanol–water partition coefficient (Wildman–Crippen LogP) is 4.03. The molecule has 1 aliphatic rings. The van der Waals surface area contributed by atoms with Crippen molar-refractivity contribution in [1.29, 1.82) is 0 Å². The summed E-state index contributed by atoms with van der Waals surface area (Å²) >= 11 is 0. The van der Waals surface area contributed by atoms with Crippen LogP contribution in [0.15, 0.2) is 11.6 Å². The van der Waals surface area contributed by atoms with Gasteiger partial charge in [-0.25, -0.2) is 4.79 Å². The van der Waals surface area contributed by atoms with Gasteiger partial charge in [0.05, 0.1) is 6.61 Å². The fourth-order valence-corrected chi connectivity index (χ4v) is 2.75. The minimum absolute atomic E-state index is 0.161. The molecule has 1 N–H and O–H groups in total. The van der Waals surface area contributed by atoms with Gasteiger partial charge >= 0.3 is 11.9 Å². The maximum Gasteiger partial charge on any atom is 0.333 e. The smallest absolute Gasteiger partial charge is 0.333 e. The van der Waals surface area contributed by atoms with Crippen LogP contribution in [-0.4, -0.2) is 29.9 Å². The lowest BCUT2D eigenvalue weighted by Gasteiger charge is -2.08. The molecule has 5 heteroatoms. The van der Waals surface area contributed by atoms with E-state index in [1.165, 1.54) is 51.0 Å². The Morgan fingerprint density at radius 1 is 1.08 bits per heavy atom. The SMILES string of the molecule is CCCCCCCCCCCC(=O)OCCCC1=CC(=O)OC1O. The van der Waals surface area contributed by atoms with Gasteiger partial charge in [-0.3, -0.25) is 4.79 Å². The number of carbonyl (C=O) groups excluding carboxylic acids is 2. The van der Waals surface area contributed by atoms with Crippen molar-refractivity contribution in [3.63, 3.8) is 0 Å². The minimum Gasteiger partial charge on any atom is -0.466 e. The van der Waals surface area contributed by atoms with Crippen molar-refractivity contribution in [2.75, 3.05) is 6.61 Å². The van der Waals surface area contributed by atoms with Crippen molar-refractivity contribution in [1.82, 2.24) is 0 Å². The summed E-state index contributed by atoms with van der Waals surface area (Å²) in [5, 5.41) is 9.40. The third-order valence-electron chi connectivity index (χ3n) is 4.21. The first-order chi connectivity index (χ1) is 11.6. The number of ether oxygens (including phenoxy) is 2. The first kappa shape index (κ1) is 20.7. The summed E-state index contributed by atoms with van der Waals surface area (Å²) in [6.45, 7) is 2.54. The van der Waals surface area contributed by atoms with Crippen molar-refractivity contribution in [2.24, 2.45) is 0 Å². The lowest BCUT2D eigenvalue weighted by molar-refractivity contribution is -0.151. The summed E-state index contributed by atoms with van der Waals surface area (Å²) in [5.41, 5.74) is 0.551. The highest BCUT2D eigenvalue weighted by atomic mass is 16.6. The van der Waals surface area contributed by atoms with E-state index in [4.69, 9.17) is 4.74 Å². The Kier molecular flexibility index (Phi) is 11.2. The van der Waals surface area contributed by atoms with E-state index in [2.05, 4.69) is 11.7 Å². The normalized spacial score (nSPS) is 16.8. The molecule has 0 aromatic carbocycles. The van der Waals surface area contributed by atoms with Crippen molar-refractivity contribution < 1.29 is 24.2 Å². The number of aliphatic hydroxyl groups excluding tert-OH is 1. The van der Waals surface area contributed by atoms with E-state index in [-0.39, 0.29) is 5.97 Å². The number of carbonyl (C=O) groups is 2. The average Bonchev–Trinajstić information content (AvgIpc) is 2.87. The van der Waals surface area contributed by atoms with Gasteiger partial charge in [-0.05, 0) is 19.3 Å². The van der Waals surface area contributed by atoms with E-state index < -0.39 is 12.3 Å². The fourth-order valence-electron chi connectivity index (χ4n) is 2.75. The number of hydrogen-bond acceptors (Lipinski definition) is 5. The molecule has 0 spiro atoms. The maximum absolute atomic E-state index is 11.6. The molecular weight excluding hydrogens is 308 g/mol. The van der Waals surface area contributed by atoms with E-state index in [0.717, 1.165) is 12.8 Å². The first-order valence-electron chi connectivity index (χ1n) is 9.38. The zero-order valence-corrected chi connectivity index (χ0v) is 14.9. The highest BCUT2D eigenvalue weighted by Gasteiger charge is 2.22. The van der Waals surface area contributed by atoms with Gasteiger partial charge in [0.1, 0.15) is 0 Å².